The summed E-state index contributed by atoms with van der Waals surface area (Å²) in [6.07, 6.45) is 0.443. The maximum atomic E-state index is 11.7. The lowest BCUT2D eigenvalue weighted by atomic mass is 10.1. The molecular weight excluding hydrogens is 262 g/mol. The van der Waals surface area contributed by atoms with E-state index in [1.807, 2.05) is 0 Å². The van der Waals surface area contributed by atoms with Crippen molar-refractivity contribution < 1.29 is 19.5 Å². The second kappa shape index (κ2) is 6.67. The van der Waals surface area contributed by atoms with Gasteiger partial charge in [0.1, 0.15) is 0 Å². The molecule has 0 saturated heterocycles. The summed E-state index contributed by atoms with van der Waals surface area (Å²) >= 11 is 0. The molecule has 2 amide bonds. The van der Waals surface area contributed by atoms with Crippen LogP contribution in [0.15, 0.2) is 18.2 Å². The Balaban J connectivity index is 3.04. The van der Waals surface area contributed by atoms with E-state index in [4.69, 9.17) is 10.8 Å². The van der Waals surface area contributed by atoms with E-state index in [0.717, 1.165) is 0 Å². The van der Waals surface area contributed by atoms with Crippen molar-refractivity contribution in [3.63, 3.8) is 0 Å². The van der Waals surface area contributed by atoms with Gasteiger partial charge in [-0.25, -0.2) is 4.79 Å². The van der Waals surface area contributed by atoms with E-state index >= 15 is 0 Å². The number of carboxylic acid groups (broad SMARTS) is 1. The highest BCUT2D eigenvalue weighted by molar-refractivity contribution is 6.03. The third kappa shape index (κ3) is 4.06. The standard InChI is InChI=1S/C13H17N3O4/c1-3-10(14)12(18)16-11-5-4-8(15-7(2)17)6-9(11)13(19)20/h4-6,10H,3,14H2,1-2H3,(H,15,17)(H,16,18)(H,19,20)/t10-/m1/s1. The molecule has 1 aromatic carbocycles. The molecule has 1 aromatic rings. The topological polar surface area (TPSA) is 122 Å². The third-order valence-corrected chi connectivity index (χ3v) is 2.60. The number of nitrogens with two attached hydrogens (primary N) is 1. The molecule has 1 atom stereocenters. The first kappa shape index (κ1) is 15.6. The number of amides is 2. The van der Waals surface area contributed by atoms with Gasteiger partial charge in [0, 0.05) is 12.6 Å². The van der Waals surface area contributed by atoms with Gasteiger partial charge in [-0.1, -0.05) is 6.92 Å². The molecule has 1 rings (SSSR count). The summed E-state index contributed by atoms with van der Waals surface area (Å²) in [4.78, 5) is 33.8. The second-order valence-electron chi connectivity index (χ2n) is 4.25. The van der Waals surface area contributed by atoms with Crippen molar-refractivity contribution in [1.29, 1.82) is 0 Å². The van der Waals surface area contributed by atoms with E-state index in [-0.39, 0.29) is 17.2 Å². The van der Waals surface area contributed by atoms with Gasteiger partial charge in [0.15, 0.2) is 0 Å². The zero-order chi connectivity index (χ0) is 15.3. The molecule has 0 aliphatic heterocycles. The number of carboxylic acids is 1. The minimum Gasteiger partial charge on any atom is -0.478 e. The number of benzene rings is 1. The van der Waals surface area contributed by atoms with Crippen LogP contribution in [-0.4, -0.2) is 28.9 Å². The lowest BCUT2D eigenvalue weighted by Crippen LogP contribution is -2.35. The SMILES string of the molecule is CC[C@@H](N)C(=O)Nc1ccc(NC(C)=O)cc1C(=O)O. The molecule has 5 N–H and O–H groups in total. The normalized spacial score (nSPS) is 11.6. The van der Waals surface area contributed by atoms with Crippen molar-refractivity contribution in [3.8, 4) is 0 Å². The maximum absolute atomic E-state index is 11.7. The molecule has 7 heteroatoms. The van der Waals surface area contributed by atoms with Gasteiger partial charge in [-0.3, -0.25) is 9.59 Å². The van der Waals surface area contributed by atoms with E-state index in [0.29, 0.717) is 12.1 Å². The predicted molar refractivity (Wildman–Crippen MR) is 74.6 cm³/mol. The van der Waals surface area contributed by atoms with E-state index in [1.54, 1.807) is 6.92 Å². The van der Waals surface area contributed by atoms with Crippen LogP contribution in [0.4, 0.5) is 11.4 Å². The minimum atomic E-state index is -1.21. The van der Waals surface area contributed by atoms with Gasteiger partial charge in [0.05, 0.1) is 17.3 Å². The zero-order valence-electron chi connectivity index (χ0n) is 11.3. The largest absolute Gasteiger partial charge is 0.478 e. The predicted octanol–water partition coefficient (Wildman–Crippen LogP) is 1.02. The van der Waals surface area contributed by atoms with Gasteiger partial charge in [-0.15, -0.1) is 0 Å². The van der Waals surface area contributed by atoms with E-state index in [2.05, 4.69) is 10.6 Å². The highest BCUT2D eigenvalue weighted by atomic mass is 16.4. The Morgan fingerprint density at radius 3 is 2.45 bits per heavy atom. The molecular formula is C13H17N3O4. The first-order chi connectivity index (χ1) is 9.35. The van der Waals surface area contributed by atoms with Crippen molar-refractivity contribution in [2.75, 3.05) is 10.6 Å². The number of rotatable bonds is 5. The molecule has 0 unspecified atom stereocenters. The maximum Gasteiger partial charge on any atom is 0.337 e. The lowest BCUT2D eigenvalue weighted by molar-refractivity contribution is -0.117. The number of nitrogens with one attached hydrogen (secondary N) is 2. The molecule has 20 heavy (non-hydrogen) atoms. The smallest absolute Gasteiger partial charge is 0.337 e. The first-order valence-electron chi connectivity index (χ1n) is 6.06. The highest BCUT2D eigenvalue weighted by Crippen LogP contribution is 2.21. The van der Waals surface area contributed by atoms with Gasteiger partial charge in [-0.05, 0) is 24.6 Å². The van der Waals surface area contributed by atoms with E-state index in [9.17, 15) is 14.4 Å². The summed E-state index contributed by atoms with van der Waals surface area (Å²) in [6, 6.07) is 3.49. The van der Waals surface area contributed by atoms with Crippen LogP contribution in [0.1, 0.15) is 30.6 Å². The van der Waals surface area contributed by atoms with Gasteiger partial charge in [0.25, 0.3) is 0 Å². The van der Waals surface area contributed by atoms with Gasteiger partial charge >= 0.3 is 5.97 Å². The Labute approximate surface area is 116 Å². The van der Waals surface area contributed by atoms with E-state index < -0.39 is 17.9 Å². The molecule has 0 bridgehead atoms. The molecule has 7 nitrogen and oxygen atoms in total. The van der Waals surface area contributed by atoms with Gasteiger partial charge in [-0.2, -0.15) is 0 Å². The van der Waals surface area contributed by atoms with Gasteiger partial charge < -0.3 is 21.5 Å². The van der Waals surface area contributed by atoms with Crippen molar-refractivity contribution in [2.24, 2.45) is 5.73 Å². The molecule has 0 heterocycles. The van der Waals surface area contributed by atoms with Crippen molar-refractivity contribution in [1.82, 2.24) is 0 Å². The summed E-state index contributed by atoms with van der Waals surface area (Å²) in [5, 5.41) is 14.1. The molecule has 0 aromatic heterocycles. The summed E-state index contributed by atoms with van der Waals surface area (Å²) in [7, 11) is 0. The first-order valence-corrected chi connectivity index (χ1v) is 6.06. The molecule has 0 fully saturated rings. The number of anilines is 2. The van der Waals surface area contributed by atoms with Crippen LogP contribution in [0.2, 0.25) is 0 Å². The van der Waals surface area contributed by atoms with Crippen LogP contribution in [0.3, 0.4) is 0 Å². The van der Waals surface area contributed by atoms with E-state index in [1.165, 1.54) is 25.1 Å². The average molecular weight is 279 g/mol. The summed E-state index contributed by atoms with van der Waals surface area (Å²) < 4.78 is 0. The summed E-state index contributed by atoms with van der Waals surface area (Å²) in [5.41, 5.74) is 5.93. The van der Waals surface area contributed by atoms with Crippen LogP contribution < -0.4 is 16.4 Å². The van der Waals surface area contributed by atoms with Crippen LogP contribution in [0.5, 0.6) is 0 Å². The second-order valence-corrected chi connectivity index (χ2v) is 4.25. The molecule has 0 aliphatic rings. The van der Waals surface area contributed by atoms with Crippen LogP contribution in [0, 0.1) is 0 Å². The minimum absolute atomic E-state index is 0.118. The molecule has 0 spiro atoms. The zero-order valence-corrected chi connectivity index (χ0v) is 11.3. The monoisotopic (exact) mass is 279 g/mol. The Morgan fingerprint density at radius 2 is 1.95 bits per heavy atom. The Hall–Kier alpha value is -2.41. The van der Waals surface area contributed by atoms with Crippen molar-refractivity contribution in [3.05, 3.63) is 23.8 Å². The molecule has 0 saturated carbocycles. The summed E-state index contributed by atoms with van der Waals surface area (Å²) in [5.74, 6) is -1.98. The van der Waals surface area contributed by atoms with Crippen LogP contribution in [-0.2, 0) is 9.59 Å². The fourth-order valence-corrected chi connectivity index (χ4v) is 1.52. The average Bonchev–Trinajstić information content (AvgIpc) is 2.38. The van der Waals surface area contributed by atoms with Gasteiger partial charge in [0.2, 0.25) is 11.8 Å². The van der Waals surface area contributed by atoms with Crippen LogP contribution >= 0.6 is 0 Å². The Kier molecular flexibility index (Phi) is 5.22. The number of aromatic carboxylic acids is 1. The Morgan fingerprint density at radius 1 is 1.30 bits per heavy atom. The number of hydrogen-bond donors (Lipinski definition) is 4. The molecule has 108 valence electrons. The quantitative estimate of drug-likeness (QED) is 0.641. The number of carbonyl (C=O) groups excluding carboxylic acids is 2. The van der Waals surface area contributed by atoms with Crippen LogP contribution in [0.25, 0.3) is 0 Å². The van der Waals surface area contributed by atoms with Crippen molar-refractivity contribution in [2.45, 2.75) is 26.3 Å². The number of hydrogen-bond acceptors (Lipinski definition) is 4. The molecule has 0 aliphatic carbocycles. The fourth-order valence-electron chi connectivity index (χ4n) is 1.52. The Bertz CT molecular complexity index is 542. The highest BCUT2D eigenvalue weighted by Gasteiger charge is 2.16. The lowest BCUT2D eigenvalue weighted by Gasteiger charge is -2.13. The third-order valence-electron chi connectivity index (χ3n) is 2.60. The molecule has 0 radical (unpaired) electrons. The number of carbonyl (C=O) groups is 3. The fraction of sp³-hybridized carbons (Fsp3) is 0.308. The van der Waals surface area contributed by atoms with Crippen molar-refractivity contribution >= 4 is 29.2 Å². The summed E-state index contributed by atoms with van der Waals surface area (Å²) in [6.45, 7) is 3.07.